The van der Waals surface area contributed by atoms with Crippen LogP contribution in [0.3, 0.4) is 0 Å². The number of aromatic nitrogens is 3. The van der Waals surface area contributed by atoms with Crippen LogP contribution < -0.4 is 10.5 Å². The Kier molecular flexibility index (Phi) is 5.01. The van der Waals surface area contributed by atoms with Crippen LogP contribution in [0.1, 0.15) is 38.9 Å². The van der Waals surface area contributed by atoms with Crippen molar-refractivity contribution in [3.63, 3.8) is 0 Å². The maximum absolute atomic E-state index is 9.68. The number of H-pyrrole nitrogens is 1. The number of nitriles is 2. The highest BCUT2D eigenvalue weighted by Crippen LogP contribution is 2.45. The molecule has 0 bridgehead atoms. The molecule has 7 nitrogen and oxygen atoms in total. The first-order chi connectivity index (χ1) is 14.0. The van der Waals surface area contributed by atoms with Crippen molar-refractivity contribution in [1.82, 2.24) is 15.2 Å². The second-order valence-corrected chi connectivity index (χ2v) is 8.47. The van der Waals surface area contributed by atoms with Gasteiger partial charge in [-0.2, -0.15) is 10.5 Å². The van der Waals surface area contributed by atoms with Crippen LogP contribution >= 0.6 is 23.1 Å². The average molecular weight is 421 g/mol. The van der Waals surface area contributed by atoms with Crippen LogP contribution in [0.25, 0.3) is 0 Å². The van der Waals surface area contributed by atoms with Gasteiger partial charge in [0.2, 0.25) is 11.8 Å². The summed E-state index contributed by atoms with van der Waals surface area (Å²) in [7, 11) is 0. The summed E-state index contributed by atoms with van der Waals surface area (Å²) >= 11 is 3.00. The van der Waals surface area contributed by atoms with Crippen LogP contribution in [-0.2, 0) is 5.75 Å². The van der Waals surface area contributed by atoms with Gasteiger partial charge in [0.1, 0.15) is 22.7 Å². The Morgan fingerprint density at radius 2 is 2.17 bits per heavy atom. The smallest absolute Gasteiger partial charge is 0.244 e. The number of allylic oxidation sites excluding steroid dienone is 1. The number of aryl methyl sites for hydroxylation is 2. The molecule has 0 aromatic carbocycles. The van der Waals surface area contributed by atoms with Gasteiger partial charge in [0.15, 0.2) is 0 Å². The van der Waals surface area contributed by atoms with Crippen molar-refractivity contribution >= 4 is 23.1 Å². The van der Waals surface area contributed by atoms with Crippen molar-refractivity contribution in [2.24, 2.45) is 5.73 Å². The standard InChI is InChI=1S/C20H16N6OS2/c1-10-6-11(2)24-20(12(10)7-21)29-9-14-17-16(15-4-3-5-28-15)13(8-22)18(23)27-19(17)26-25-14/h3-6,16H,9,23H2,1-2H3,(H,25,26). The largest absolute Gasteiger partial charge is 0.420 e. The number of ether oxygens (including phenoxy) is 1. The maximum atomic E-state index is 9.68. The summed E-state index contributed by atoms with van der Waals surface area (Å²) in [5, 5.41) is 29.1. The molecule has 3 N–H and O–H groups in total. The van der Waals surface area contributed by atoms with Gasteiger partial charge >= 0.3 is 0 Å². The fourth-order valence-electron chi connectivity index (χ4n) is 3.34. The first-order valence-electron chi connectivity index (χ1n) is 8.72. The van der Waals surface area contributed by atoms with Crippen molar-refractivity contribution in [3.8, 4) is 18.0 Å². The monoisotopic (exact) mass is 420 g/mol. The predicted molar refractivity (Wildman–Crippen MR) is 110 cm³/mol. The fraction of sp³-hybridized carbons (Fsp3) is 0.200. The SMILES string of the molecule is Cc1cc(C)c(C#N)c(SCc2[nH]nc3c2C(c2cccs2)C(C#N)=C(N)O3)n1. The van der Waals surface area contributed by atoms with Gasteiger partial charge < -0.3 is 10.5 Å². The molecular weight excluding hydrogens is 404 g/mol. The van der Waals surface area contributed by atoms with E-state index in [-0.39, 0.29) is 11.8 Å². The minimum absolute atomic E-state index is 0.0758. The highest BCUT2D eigenvalue weighted by Gasteiger charge is 2.35. The molecule has 0 fully saturated rings. The van der Waals surface area contributed by atoms with E-state index < -0.39 is 0 Å². The Bertz CT molecular complexity index is 1200. The predicted octanol–water partition coefficient (Wildman–Crippen LogP) is 3.87. The molecule has 1 unspecified atom stereocenters. The van der Waals surface area contributed by atoms with Crippen LogP contribution in [0.4, 0.5) is 0 Å². The highest BCUT2D eigenvalue weighted by atomic mass is 32.2. The van der Waals surface area contributed by atoms with Crippen LogP contribution in [0.15, 0.2) is 40.1 Å². The topological polar surface area (TPSA) is 124 Å². The minimum Gasteiger partial charge on any atom is -0.420 e. The number of thiophene rings is 1. The Morgan fingerprint density at radius 1 is 1.34 bits per heavy atom. The third-order valence-electron chi connectivity index (χ3n) is 4.62. The summed E-state index contributed by atoms with van der Waals surface area (Å²) in [5.41, 5.74) is 10.3. The van der Waals surface area contributed by atoms with Gasteiger partial charge in [0.05, 0.1) is 22.7 Å². The first-order valence-corrected chi connectivity index (χ1v) is 10.6. The molecule has 9 heteroatoms. The summed E-state index contributed by atoms with van der Waals surface area (Å²) in [4.78, 5) is 5.51. The summed E-state index contributed by atoms with van der Waals surface area (Å²) in [6.07, 6.45) is 0. The van der Waals surface area contributed by atoms with E-state index in [9.17, 15) is 10.5 Å². The number of nitrogens with two attached hydrogens (primary N) is 1. The number of thioether (sulfide) groups is 1. The van der Waals surface area contributed by atoms with Crippen LogP contribution in [0.5, 0.6) is 5.88 Å². The molecule has 3 aromatic heterocycles. The molecule has 4 rings (SSSR count). The van der Waals surface area contributed by atoms with Gasteiger partial charge in [-0.15, -0.1) is 16.4 Å². The molecule has 1 aliphatic heterocycles. The molecule has 1 aliphatic rings. The van der Waals surface area contributed by atoms with Crippen LogP contribution in [-0.4, -0.2) is 15.2 Å². The van der Waals surface area contributed by atoms with E-state index in [1.807, 2.05) is 37.4 Å². The molecular formula is C20H16N6OS2. The summed E-state index contributed by atoms with van der Waals surface area (Å²) in [6, 6.07) is 10.2. The number of nitrogens with zero attached hydrogens (tertiary/aromatic N) is 4. The zero-order valence-electron chi connectivity index (χ0n) is 15.7. The van der Waals surface area contributed by atoms with Gasteiger partial charge in [-0.25, -0.2) is 4.98 Å². The summed E-state index contributed by atoms with van der Waals surface area (Å²) in [6.45, 7) is 3.81. The lowest BCUT2D eigenvalue weighted by molar-refractivity contribution is 0.379. The third-order valence-corrected chi connectivity index (χ3v) is 6.56. The number of hydrogen-bond acceptors (Lipinski definition) is 8. The Hall–Kier alpha value is -3.27. The third kappa shape index (κ3) is 3.35. The zero-order chi connectivity index (χ0) is 20.5. The molecule has 0 saturated carbocycles. The lowest BCUT2D eigenvalue weighted by Gasteiger charge is -2.22. The Balaban J connectivity index is 1.72. The van der Waals surface area contributed by atoms with E-state index >= 15 is 0 Å². The molecule has 29 heavy (non-hydrogen) atoms. The van der Waals surface area contributed by atoms with Gasteiger partial charge in [0, 0.05) is 16.3 Å². The van der Waals surface area contributed by atoms with Crippen LogP contribution in [0.2, 0.25) is 0 Å². The highest BCUT2D eigenvalue weighted by molar-refractivity contribution is 7.98. The molecule has 144 valence electrons. The van der Waals surface area contributed by atoms with Gasteiger partial charge in [0.25, 0.3) is 0 Å². The second-order valence-electron chi connectivity index (χ2n) is 6.52. The Morgan fingerprint density at radius 3 is 2.86 bits per heavy atom. The zero-order valence-corrected chi connectivity index (χ0v) is 17.3. The van der Waals surface area contributed by atoms with Crippen molar-refractivity contribution < 1.29 is 4.74 Å². The van der Waals surface area contributed by atoms with E-state index in [0.717, 1.165) is 27.4 Å². The average Bonchev–Trinajstić information content (AvgIpc) is 3.35. The van der Waals surface area contributed by atoms with Gasteiger partial charge in [-0.3, -0.25) is 5.10 Å². The lowest BCUT2D eigenvalue weighted by atomic mass is 9.89. The van der Waals surface area contributed by atoms with E-state index in [1.165, 1.54) is 11.8 Å². The molecule has 0 aliphatic carbocycles. The van der Waals surface area contributed by atoms with Gasteiger partial charge in [-0.05, 0) is 36.9 Å². The van der Waals surface area contributed by atoms with E-state index in [2.05, 4.69) is 27.3 Å². The number of nitrogens with one attached hydrogen (secondary N) is 1. The molecule has 0 spiro atoms. The molecule has 1 atom stereocenters. The number of fused-ring (bicyclic) bond motifs is 1. The van der Waals surface area contributed by atoms with Crippen molar-refractivity contribution in [1.29, 1.82) is 10.5 Å². The van der Waals surface area contributed by atoms with Crippen LogP contribution in [0, 0.1) is 36.5 Å². The Labute approximate surface area is 175 Å². The summed E-state index contributed by atoms with van der Waals surface area (Å²) in [5.74, 6) is 0.619. The van der Waals surface area contributed by atoms with Crippen molar-refractivity contribution in [2.45, 2.75) is 30.5 Å². The molecule has 3 aromatic rings. The molecule has 0 radical (unpaired) electrons. The van der Waals surface area contributed by atoms with E-state index in [1.54, 1.807) is 11.3 Å². The normalized spacial score (nSPS) is 15.4. The molecule has 4 heterocycles. The van der Waals surface area contributed by atoms with Gasteiger partial charge in [-0.1, -0.05) is 17.8 Å². The number of pyridine rings is 1. The maximum Gasteiger partial charge on any atom is 0.244 e. The van der Waals surface area contributed by atoms with Crippen molar-refractivity contribution in [2.75, 3.05) is 0 Å². The fourth-order valence-corrected chi connectivity index (χ4v) is 5.25. The molecule has 0 saturated heterocycles. The number of aromatic amines is 1. The summed E-state index contributed by atoms with van der Waals surface area (Å²) < 4.78 is 5.60. The number of rotatable bonds is 4. The van der Waals surface area contributed by atoms with E-state index in [4.69, 9.17) is 10.5 Å². The van der Waals surface area contributed by atoms with Crippen molar-refractivity contribution in [3.05, 3.63) is 68.0 Å². The second kappa shape index (κ2) is 7.63. The molecule has 0 amide bonds. The van der Waals surface area contributed by atoms with E-state index in [0.29, 0.717) is 27.8 Å². The quantitative estimate of drug-likeness (QED) is 0.614. The number of hydrogen-bond donors (Lipinski definition) is 2. The lowest BCUT2D eigenvalue weighted by Crippen LogP contribution is -2.20. The first kappa shape index (κ1) is 19.1. The minimum atomic E-state index is -0.333.